The molecular formula is C11H23NO2S. The molecule has 0 aliphatic carbocycles. The molecule has 0 aromatic heterocycles. The first-order valence-electron chi connectivity index (χ1n) is 5.76. The van der Waals surface area contributed by atoms with Gasteiger partial charge in [0, 0.05) is 36.7 Å². The largest absolute Gasteiger partial charge is 0.389 e. The molecule has 1 heterocycles. The third-order valence-electron chi connectivity index (χ3n) is 2.97. The van der Waals surface area contributed by atoms with E-state index in [2.05, 4.69) is 18.7 Å². The minimum absolute atomic E-state index is 0.345. The summed E-state index contributed by atoms with van der Waals surface area (Å²) in [5, 5.41) is 10.4. The van der Waals surface area contributed by atoms with Crippen LogP contribution in [0.15, 0.2) is 0 Å². The van der Waals surface area contributed by atoms with Crippen molar-refractivity contribution < 1.29 is 9.84 Å². The van der Waals surface area contributed by atoms with Gasteiger partial charge < -0.3 is 9.84 Å². The summed E-state index contributed by atoms with van der Waals surface area (Å²) < 4.78 is 5.22. The lowest BCUT2D eigenvalue weighted by molar-refractivity contribution is 0.0145. The highest BCUT2D eigenvalue weighted by atomic mass is 32.2. The first-order valence-corrected chi connectivity index (χ1v) is 6.81. The number of thioether (sulfide) groups is 1. The van der Waals surface area contributed by atoms with Crippen LogP contribution in [0.5, 0.6) is 0 Å². The molecule has 0 aromatic carbocycles. The van der Waals surface area contributed by atoms with Gasteiger partial charge in [-0.1, -0.05) is 6.92 Å². The van der Waals surface area contributed by atoms with E-state index in [1.807, 2.05) is 18.7 Å². The summed E-state index contributed by atoms with van der Waals surface area (Å²) in [7, 11) is 0. The predicted octanol–water partition coefficient (Wildman–Crippen LogP) is 1.21. The van der Waals surface area contributed by atoms with E-state index < -0.39 is 0 Å². The topological polar surface area (TPSA) is 32.7 Å². The summed E-state index contributed by atoms with van der Waals surface area (Å²) in [6.45, 7) is 9.42. The molecule has 15 heavy (non-hydrogen) atoms. The van der Waals surface area contributed by atoms with Gasteiger partial charge in [0.05, 0.1) is 12.7 Å². The molecule has 1 rings (SSSR count). The summed E-state index contributed by atoms with van der Waals surface area (Å²) in [5.41, 5.74) is 0. The van der Waals surface area contributed by atoms with E-state index in [0.717, 1.165) is 13.1 Å². The first kappa shape index (κ1) is 13.3. The van der Waals surface area contributed by atoms with Crippen molar-refractivity contribution in [1.82, 2.24) is 4.90 Å². The van der Waals surface area contributed by atoms with Crippen LogP contribution in [-0.4, -0.2) is 59.5 Å². The first-order chi connectivity index (χ1) is 7.15. The van der Waals surface area contributed by atoms with E-state index in [9.17, 15) is 5.11 Å². The zero-order valence-electron chi connectivity index (χ0n) is 9.98. The Morgan fingerprint density at radius 2 is 2.27 bits per heavy atom. The molecule has 0 bridgehead atoms. The van der Waals surface area contributed by atoms with Crippen LogP contribution >= 0.6 is 11.8 Å². The van der Waals surface area contributed by atoms with Crippen molar-refractivity contribution in [3.63, 3.8) is 0 Å². The number of nitrogens with zero attached hydrogens (tertiary/aromatic N) is 1. The summed E-state index contributed by atoms with van der Waals surface area (Å²) in [6.07, 6.45) is -0.345. The number of aliphatic hydroxyl groups is 1. The maximum absolute atomic E-state index is 9.76. The summed E-state index contributed by atoms with van der Waals surface area (Å²) >= 11 is 2.02. The lowest BCUT2D eigenvalue weighted by Gasteiger charge is -2.38. The standard InChI is InChI=1S/C11H23NO2S/c1-4-14-8-11(13)7-12-5-6-15-10(3)9(12)2/h9-11,13H,4-8H2,1-3H3. The highest BCUT2D eigenvalue weighted by Gasteiger charge is 2.26. The molecule has 3 unspecified atom stereocenters. The van der Waals surface area contributed by atoms with Crippen molar-refractivity contribution in [2.45, 2.75) is 38.2 Å². The van der Waals surface area contributed by atoms with E-state index in [1.165, 1.54) is 5.75 Å². The monoisotopic (exact) mass is 233 g/mol. The Hall–Kier alpha value is 0.230. The van der Waals surface area contributed by atoms with Crippen molar-refractivity contribution in [3.8, 4) is 0 Å². The van der Waals surface area contributed by atoms with Gasteiger partial charge in [0.2, 0.25) is 0 Å². The van der Waals surface area contributed by atoms with Gasteiger partial charge in [-0.05, 0) is 13.8 Å². The quantitative estimate of drug-likeness (QED) is 0.774. The van der Waals surface area contributed by atoms with Crippen LogP contribution in [0.25, 0.3) is 0 Å². The Kier molecular flexibility index (Phi) is 5.97. The second-order valence-electron chi connectivity index (χ2n) is 4.12. The van der Waals surface area contributed by atoms with Crippen LogP contribution in [0.1, 0.15) is 20.8 Å². The van der Waals surface area contributed by atoms with Crippen molar-refractivity contribution in [3.05, 3.63) is 0 Å². The molecule has 90 valence electrons. The average Bonchev–Trinajstić information content (AvgIpc) is 2.22. The number of rotatable bonds is 5. The zero-order valence-corrected chi connectivity index (χ0v) is 10.8. The van der Waals surface area contributed by atoms with Gasteiger partial charge in [-0.3, -0.25) is 4.90 Å². The number of hydrogen-bond acceptors (Lipinski definition) is 4. The van der Waals surface area contributed by atoms with E-state index in [0.29, 0.717) is 24.5 Å². The molecule has 0 amide bonds. The molecular weight excluding hydrogens is 210 g/mol. The molecule has 0 spiro atoms. The molecule has 0 aromatic rings. The van der Waals surface area contributed by atoms with Crippen molar-refractivity contribution in [2.24, 2.45) is 0 Å². The Morgan fingerprint density at radius 3 is 2.93 bits per heavy atom. The van der Waals surface area contributed by atoms with E-state index in [-0.39, 0.29) is 6.10 Å². The molecule has 1 N–H and O–H groups in total. The minimum Gasteiger partial charge on any atom is -0.389 e. The Labute approximate surface area is 97.2 Å². The van der Waals surface area contributed by atoms with Crippen molar-refractivity contribution in [2.75, 3.05) is 32.1 Å². The van der Waals surface area contributed by atoms with Crippen molar-refractivity contribution >= 4 is 11.8 Å². The maximum atomic E-state index is 9.76. The zero-order chi connectivity index (χ0) is 11.3. The highest BCUT2D eigenvalue weighted by molar-refractivity contribution is 8.00. The molecule has 0 saturated carbocycles. The molecule has 0 radical (unpaired) electrons. The molecule has 4 heteroatoms. The van der Waals surface area contributed by atoms with Gasteiger partial charge in [-0.2, -0.15) is 11.8 Å². The number of ether oxygens (including phenoxy) is 1. The van der Waals surface area contributed by atoms with Gasteiger partial charge in [-0.15, -0.1) is 0 Å². The third-order valence-corrected chi connectivity index (χ3v) is 4.31. The van der Waals surface area contributed by atoms with E-state index >= 15 is 0 Å². The summed E-state index contributed by atoms with van der Waals surface area (Å²) in [4.78, 5) is 2.37. The summed E-state index contributed by atoms with van der Waals surface area (Å²) in [5.74, 6) is 1.17. The molecule has 3 atom stereocenters. The van der Waals surface area contributed by atoms with Crippen LogP contribution in [0.3, 0.4) is 0 Å². The number of aliphatic hydroxyl groups excluding tert-OH is 1. The Balaban J connectivity index is 2.29. The molecule has 1 saturated heterocycles. The fraction of sp³-hybridized carbons (Fsp3) is 1.00. The van der Waals surface area contributed by atoms with E-state index in [1.54, 1.807) is 0 Å². The Morgan fingerprint density at radius 1 is 1.53 bits per heavy atom. The smallest absolute Gasteiger partial charge is 0.0900 e. The highest BCUT2D eigenvalue weighted by Crippen LogP contribution is 2.24. The molecule has 3 nitrogen and oxygen atoms in total. The lowest BCUT2D eigenvalue weighted by atomic mass is 10.2. The van der Waals surface area contributed by atoms with Gasteiger partial charge in [0.1, 0.15) is 0 Å². The van der Waals surface area contributed by atoms with Crippen LogP contribution in [0.4, 0.5) is 0 Å². The fourth-order valence-electron chi connectivity index (χ4n) is 1.83. The number of hydrogen-bond donors (Lipinski definition) is 1. The minimum atomic E-state index is -0.345. The van der Waals surface area contributed by atoms with Gasteiger partial charge >= 0.3 is 0 Å². The van der Waals surface area contributed by atoms with E-state index in [4.69, 9.17) is 4.74 Å². The maximum Gasteiger partial charge on any atom is 0.0900 e. The van der Waals surface area contributed by atoms with Gasteiger partial charge in [0.15, 0.2) is 0 Å². The van der Waals surface area contributed by atoms with Gasteiger partial charge in [-0.25, -0.2) is 0 Å². The summed E-state index contributed by atoms with van der Waals surface area (Å²) in [6, 6.07) is 0.556. The van der Waals surface area contributed by atoms with Crippen LogP contribution in [-0.2, 0) is 4.74 Å². The normalized spacial score (nSPS) is 30.4. The third kappa shape index (κ3) is 4.31. The predicted molar refractivity (Wildman–Crippen MR) is 65.5 cm³/mol. The van der Waals surface area contributed by atoms with Crippen LogP contribution in [0, 0.1) is 0 Å². The second kappa shape index (κ2) is 6.74. The number of β-amino-alcohol motifs (C(OH)–C–C–N with tert-alkyl or cyclic N) is 1. The fourth-order valence-corrected chi connectivity index (χ4v) is 2.99. The second-order valence-corrected chi connectivity index (χ2v) is 5.61. The van der Waals surface area contributed by atoms with Crippen LogP contribution < -0.4 is 0 Å². The van der Waals surface area contributed by atoms with Gasteiger partial charge in [0.25, 0.3) is 0 Å². The average molecular weight is 233 g/mol. The molecule has 1 fully saturated rings. The van der Waals surface area contributed by atoms with Crippen molar-refractivity contribution in [1.29, 1.82) is 0 Å². The SMILES string of the molecule is CCOCC(O)CN1CCSC(C)C1C. The van der Waals surface area contributed by atoms with Crippen LogP contribution in [0.2, 0.25) is 0 Å². The molecule has 1 aliphatic heterocycles. The lowest BCUT2D eigenvalue weighted by Crippen LogP contribution is -2.48. The Bertz CT molecular complexity index is 180. The molecule has 1 aliphatic rings.